The van der Waals surface area contributed by atoms with Gasteiger partial charge in [-0.05, 0) is 38.1 Å². The number of aryl methyl sites for hydroxylation is 2. The van der Waals surface area contributed by atoms with Gasteiger partial charge in [-0.25, -0.2) is 0 Å². The van der Waals surface area contributed by atoms with Gasteiger partial charge in [0, 0.05) is 11.3 Å². The molecule has 3 aromatic rings. The summed E-state index contributed by atoms with van der Waals surface area (Å²) in [5.41, 5.74) is 3.42. The zero-order valence-electron chi connectivity index (χ0n) is 14.7. The van der Waals surface area contributed by atoms with E-state index in [2.05, 4.69) is 10.6 Å². The van der Waals surface area contributed by atoms with E-state index in [-0.39, 0.29) is 11.5 Å². The molecule has 0 spiro atoms. The standard InChI is InChI=1S/C21H20N2O3/c1-14-5-9-16(10-6-14)19(24)20(22-17-11-7-15(2)8-12-17)23-21(25)18-4-3-13-26-18/h3-13,20,22H,1-2H3,(H,23,25)/t20-/m0/s1. The van der Waals surface area contributed by atoms with Crippen LogP contribution in [0.1, 0.15) is 32.0 Å². The van der Waals surface area contributed by atoms with Gasteiger partial charge in [0.1, 0.15) is 0 Å². The number of nitrogens with one attached hydrogen (secondary N) is 2. The summed E-state index contributed by atoms with van der Waals surface area (Å²) in [5, 5.41) is 5.79. The van der Waals surface area contributed by atoms with Crippen LogP contribution in [0.3, 0.4) is 0 Å². The Balaban J connectivity index is 1.84. The molecular formula is C21H20N2O3. The van der Waals surface area contributed by atoms with E-state index in [1.807, 2.05) is 50.2 Å². The first-order valence-electron chi connectivity index (χ1n) is 8.31. The first kappa shape index (κ1) is 17.5. The minimum absolute atomic E-state index is 0.150. The third-order valence-electron chi connectivity index (χ3n) is 3.98. The Morgan fingerprint density at radius 3 is 2.08 bits per heavy atom. The molecule has 3 rings (SSSR count). The third-order valence-corrected chi connectivity index (χ3v) is 3.98. The highest BCUT2D eigenvalue weighted by Gasteiger charge is 2.23. The van der Waals surface area contributed by atoms with Crippen LogP contribution in [0.2, 0.25) is 0 Å². The molecule has 0 fully saturated rings. The van der Waals surface area contributed by atoms with Crippen LogP contribution in [0.4, 0.5) is 5.69 Å². The van der Waals surface area contributed by atoms with Gasteiger partial charge in [0.15, 0.2) is 11.9 Å². The molecule has 0 radical (unpaired) electrons. The SMILES string of the molecule is Cc1ccc(N[C@@H](NC(=O)c2ccco2)C(=O)c2ccc(C)cc2)cc1. The monoisotopic (exact) mass is 348 g/mol. The predicted octanol–water partition coefficient (Wildman–Crippen LogP) is 3.95. The van der Waals surface area contributed by atoms with Crippen LogP contribution in [-0.4, -0.2) is 17.9 Å². The van der Waals surface area contributed by atoms with Crippen molar-refractivity contribution in [1.29, 1.82) is 0 Å². The number of ketones is 1. The molecule has 0 aliphatic heterocycles. The number of furan rings is 1. The van der Waals surface area contributed by atoms with Gasteiger partial charge in [-0.1, -0.05) is 47.5 Å². The molecule has 1 atom stereocenters. The zero-order valence-corrected chi connectivity index (χ0v) is 14.7. The fourth-order valence-electron chi connectivity index (χ4n) is 2.48. The van der Waals surface area contributed by atoms with Crippen molar-refractivity contribution in [3.8, 4) is 0 Å². The first-order chi connectivity index (χ1) is 12.5. The number of benzene rings is 2. The van der Waals surface area contributed by atoms with Gasteiger partial charge in [-0.2, -0.15) is 0 Å². The summed E-state index contributed by atoms with van der Waals surface area (Å²) in [7, 11) is 0. The molecule has 0 saturated heterocycles. The molecule has 5 nitrogen and oxygen atoms in total. The van der Waals surface area contributed by atoms with Gasteiger partial charge in [-0.3, -0.25) is 9.59 Å². The Kier molecular flexibility index (Phi) is 5.17. The molecule has 1 heterocycles. The molecule has 0 unspecified atom stereocenters. The molecule has 5 heteroatoms. The second-order valence-electron chi connectivity index (χ2n) is 6.12. The van der Waals surface area contributed by atoms with Crippen LogP contribution in [0.5, 0.6) is 0 Å². The summed E-state index contributed by atoms with van der Waals surface area (Å²) in [5.74, 6) is -0.539. The van der Waals surface area contributed by atoms with Gasteiger partial charge in [0.2, 0.25) is 5.78 Å². The predicted molar refractivity (Wildman–Crippen MR) is 100 cm³/mol. The van der Waals surface area contributed by atoms with Gasteiger partial charge >= 0.3 is 0 Å². The molecular weight excluding hydrogens is 328 g/mol. The number of anilines is 1. The Morgan fingerprint density at radius 2 is 1.50 bits per heavy atom. The molecule has 132 valence electrons. The van der Waals surface area contributed by atoms with Crippen LogP contribution in [0, 0.1) is 13.8 Å². The normalized spacial score (nSPS) is 11.6. The highest BCUT2D eigenvalue weighted by molar-refractivity contribution is 6.04. The van der Waals surface area contributed by atoms with Crippen molar-refractivity contribution >= 4 is 17.4 Å². The van der Waals surface area contributed by atoms with Crippen molar-refractivity contribution in [1.82, 2.24) is 5.32 Å². The van der Waals surface area contributed by atoms with Crippen molar-refractivity contribution in [2.24, 2.45) is 0 Å². The van der Waals surface area contributed by atoms with Crippen molar-refractivity contribution in [3.63, 3.8) is 0 Å². The summed E-state index contributed by atoms with van der Waals surface area (Å²) in [6, 6.07) is 18.0. The smallest absolute Gasteiger partial charge is 0.288 e. The quantitative estimate of drug-likeness (QED) is 0.523. The second kappa shape index (κ2) is 7.70. The maximum Gasteiger partial charge on any atom is 0.288 e. The van der Waals surface area contributed by atoms with E-state index >= 15 is 0 Å². The lowest BCUT2D eigenvalue weighted by atomic mass is 10.1. The van der Waals surface area contributed by atoms with Gasteiger partial charge in [-0.15, -0.1) is 0 Å². The van der Waals surface area contributed by atoms with Crippen molar-refractivity contribution in [2.75, 3.05) is 5.32 Å². The van der Waals surface area contributed by atoms with E-state index in [1.165, 1.54) is 6.26 Å². The number of hydrogen-bond acceptors (Lipinski definition) is 4. The van der Waals surface area contributed by atoms with E-state index in [0.717, 1.165) is 16.8 Å². The van der Waals surface area contributed by atoms with E-state index in [1.54, 1.807) is 24.3 Å². The molecule has 0 aliphatic rings. The maximum atomic E-state index is 12.9. The van der Waals surface area contributed by atoms with E-state index in [9.17, 15) is 9.59 Å². The molecule has 26 heavy (non-hydrogen) atoms. The number of Topliss-reactive ketones (excluding diaryl/α,β-unsaturated/α-hetero) is 1. The Labute approximate surface area is 152 Å². The third kappa shape index (κ3) is 4.19. The number of carbonyl (C=O) groups excluding carboxylic acids is 2. The average molecular weight is 348 g/mol. The van der Waals surface area contributed by atoms with Crippen LogP contribution < -0.4 is 10.6 Å². The van der Waals surface area contributed by atoms with Crippen LogP contribution >= 0.6 is 0 Å². The summed E-state index contributed by atoms with van der Waals surface area (Å²) >= 11 is 0. The van der Waals surface area contributed by atoms with Crippen LogP contribution in [-0.2, 0) is 0 Å². The summed E-state index contributed by atoms with van der Waals surface area (Å²) in [6.45, 7) is 3.94. The Hall–Kier alpha value is -3.34. The topological polar surface area (TPSA) is 71.3 Å². The molecule has 0 saturated carbocycles. The van der Waals surface area contributed by atoms with Crippen LogP contribution in [0.25, 0.3) is 0 Å². The summed E-state index contributed by atoms with van der Waals surface area (Å²) in [4.78, 5) is 25.3. The van der Waals surface area contributed by atoms with Crippen molar-refractivity contribution < 1.29 is 14.0 Å². The summed E-state index contributed by atoms with van der Waals surface area (Å²) < 4.78 is 5.11. The number of carbonyl (C=O) groups is 2. The minimum Gasteiger partial charge on any atom is -0.459 e. The minimum atomic E-state index is -0.919. The largest absolute Gasteiger partial charge is 0.459 e. The van der Waals surface area contributed by atoms with Gasteiger partial charge < -0.3 is 15.1 Å². The molecule has 0 bridgehead atoms. The highest BCUT2D eigenvalue weighted by atomic mass is 16.3. The van der Waals surface area contributed by atoms with E-state index in [0.29, 0.717) is 5.56 Å². The maximum absolute atomic E-state index is 12.9. The van der Waals surface area contributed by atoms with E-state index < -0.39 is 12.1 Å². The summed E-state index contributed by atoms with van der Waals surface area (Å²) in [6.07, 6.45) is 0.497. The zero-order chi connectivity index (χ0) is 18.5. The van der Waals surface area contributed by atoms with Gasteiger partial charge in [0.25, 0.3) is 5.91 Å². The van der Waals surface area contributed by atoms with Crippen LogP contribution in [0.15, 0.2) is 71.3 Å². The lowest BCUT2D eigenvalue weighted by Crippen LogP contribution is -2.46. The molecule has 1 aromatic heterocycles. The lowest BCUT2D eigenvalue weighted by Gasteiger charge is -2.20. The second-order valence-corrected chi connectivity index (χ2v) is 6.12. The number of rotatable bonds is 6. The van der Waals surface area contributed by atoms with E-state index in [4.69, 9.17) is 4.42 Å². The molecule has 2 aromatic carbocycles. The number of hydrogen-bond donors (Lipinski definition) is 2. The average Bonchev–Trinajstić information content (AvgIpc) is 3.18. The Morgan fingerprint density at radius 1 is 0.885 bits per heavy atom. The highest BCUT2D eigenvalue weighted by Crippen LogP contribution is 2.13. The van der Waals surface area contributed by atoms with Crippen molar-refractivity contribution in [3.05, 3.63) is 89.4 Å². The molecule has 0 aliphatic carbocycles. The fourth-order valence-corrected chi connectivity index (χ4v) is 2.48. The molecule has 1 amide bonds. The first-order valence-corrected chi connectivity index (χ1v) is 8.31. The number of amides is 1. The molecule has 2 N–H and O–H groups in total. The lowest BCUT2D eigenvalue weighted by molar-refractivity contribution is 0.0853. The van der Waals surface area contributed by atoms with Gasteiger partial charge in [0.05, 0.1) is 6.26 Å². The van der Waals surface area contributed by atoms with Crippen molar-refractivity contribution in [2.45, 2.75) is 20.0 Å². The Bertz CT molecular complexity index is 882. The fraction of sp³-hybridized carbons (Fsp3) is 0.143.